The van der Waals surface area contributed by atoms with Crippen LogP contribution in [0.15, 0.2) is 17.5 Å². The minimum absolute atomic E-state index is 0.362. The quantitative estimate of drug-likeness (QED) is 0.742. The van der Waals surface area contributed by atoms with Crippen LogP contribution in [0.5, 0.6) is 6.01 Å². The van der Waals surface area contributed by atoms with Crippen molar-refractivity contribution in [2.75, 3.05) is 30.3 Å². The third-order valence-electron chi connectivity index (χ3n) is 2.62. The van der Waals surface area contributed by atoms with Crippen LogP contribution in [0.25, 0.3) is 0 Å². The van der Waals surface area contributed by atoms with Gasteiger partial charge in [-0.1, -0.05) is 13.0 Å². The number of nitrogens with zero attached hydrogens (tertiary/aromatic N) is 3. The molecule has 0 aromatic carbocycles. The first-order chi connectivity index (χ1) is 10.3. The first-order valence-electron chi connectivity index (χ1n) is 7.20. The van der Waals surface area contributed by atoms with Gasteiger partial charge in [-0.25, -0.2) is 0 Å². The summed E-state index contributed by atoms with van der Waals surface area (Å²) in [4.78, 5) is 14.2. The molecular weight excluding hydrogens is 286 g/mol. The molecule has 0 unspecified atom stereocenters. The number of hydrogen-bond acceptors (Lipinski definition) is 7. The molecule has 2 aromatic heterocycles. The van der Waals surface area contributed by atoms with Crippen molar-refractivity contribution in [2.24, 2.45) is 0 Å². The molecule has 0 fully saturated rings. The van der Waals surface area contributed by atoms with Crippen LogP contribution >= 0.6 is 11.3 Å². The first kappa shape index (κ1) is 15.5. The Balaban J connectivity index is 1.97. The molecule has 0 aliphatic heterocycles. The SMILES string of the molecule is CCCOc1nc(NCC)nc(NCCc2cccs2)n1. The highest BCUT2D eigenvalue weighted by molar-refractivity contribution is 7.09. The molecule has 0 radical (unpaired) electrons. The highest BCUT2D eigenvalue weighted by atomic mass is 32.1. The fraction of sp³-hybridized carbons (Fsp3) is 0.500. The lowest BCUT2D eigenvalue weighted by atomic mass is 10.3. The summed E-state index contributed by atoms with van der Waals surface area (Å²) in [6, 6.07) is 4.55. The van der Waals surface area contributed by atoms with E-state index in [-0.39, 0.29) is 0 Å². The van der Waals surface area contributed by atoms with Gasteiger partial charge in [-0.15, -0.1) is 11.3 Å². The minimum Gasteiger partial charge on any atom is -0.463 e. The zero-order chi connectivity index (χ0) is 14.9. The summed E-state index contributed by atoms with van der Waals surface area (Å²) in [5, 5.41) is 8.39. The van der Waals surface area contributed by atoms with Crippen molar-refractivity contribution in [3.05, 3.63) is 22.4 Å². The summed E-state index contributed by atoms with van der Waals surface area (Å²) in [7, 11) is 0. The highest BCUT2D eigenvalue weighted by Crippen LogP contribution is 2.13. The third-order valence-corrected chi connectivity index (χ3v) is 3.56. The van der Waals surface area contributed by atoms with E-state index in [4.69, 9.17) is 4.74 Å². The largest absolute Gasteiger partial charge is 0.463 e. The Kier molecular flexibility index (Phi) is 6.21. The number of aromatic nitrogens is 3. The van der Waals surface area contributed by atoms with Gasteiger partial charge in [0, 0.05) is 18.0 Å². The summed E-state index contributed by atoms with van der Waals surface area (Å²) in [5.41, 5.74) is 0. The van der Waals surface area contributed by atoms with E-state index in [1.807, 2.05) is 13.8 Å². The number of thiophene rings is 1. The fourth-order valence-electron chi connectivity index (χ4n) is 1.68. The van der Waals surface area contributed by atoms with Gasteiger partial charge >= 0.3 is 6.01 Å². The molecular formula is C14H21N5OS. The summed E-state index contributed by atoms with van der Waals surface area (Å²) in [6.45, 7) is 6.19. The van der Waals surface area contributed by atoms with Crippen LogP contribution < -0.4 is 15.4 Å². The standard InChI is InChI=1S/C14H21N5OS/c1-3-9-20-14-18-12(15-4-2)17-13(19-14)16-8-7-11-6-5-10-21-11/h5-6,10H,3-4,7-9H2,1-2H3,(H2,15,16,17,18,19). The predicted molar refractivity (Wildman–Crippen MR) is 86.3 cm³/mol. The average molecular weight is 307 g/mol. The summed E-state index contributed by atoms with van der Waals surface area (Å²) >= 11 is 1.75. The maximum absolute atomic E-state index is 5.49. The van der Waals surface area contributed by atoms with Crippen molar-refractivity contribution in [1.29, 1.82) is 0 Å². The van der Waals surface area contributed by atoms with E-state index in [1.165, 1.54) is 4.88 Å². The first-order valence-corrected chi connectivity index (χ1v) is 8.08. The Hall–Kier alpha value is -1.89. The Morgan fingerprint density at radius 1 is 1.14 bits per heavy atom. The van der Waals surface area contributed by atoms with Gasteiger partial charge in [0.2, 0.25) is 11.9 Å². The Morgan fingerprint density at radius 3 is 2.62 bits per heavy atom. The topological polar surface area (TPSA) is 72.0 Å². The molecule has 2 heterocycles. The van der Waals surface area contributed by atoms with Gasteiger partial charge in [0.25, 0.3) is 0 Å². The second-order valence-corrected chi connectivity index (χ2v) is 5.43. The number of anilines is 2. The Morgan fingerprint density at radius 2 is 1.95 bits per heavy atom. The lowest BCUT2D eigenvalue weighted by molar-refractivity contribution is 0.292. The minimum atomic E-state index is 0.362. The Bertz CT molecular complexity index is 532. The van der Waals surface area contributed by atoms with Gasteiger partial charge in [-0.05, 0) is 31.2 Å². The van der Waals surface area contributed by atoms with E-state index in [2.05, 4.69) is 43.1 Å². The molecule has 0 atom stereocenters. The highest BCUT2D eigenvalue weighted by Gasteiger charge is 2.06. The van der Waals surface area contributed by atoms with E-state index in [0.29, 0.717) is 24.5 Å². The molecule has 0 aliphatic rings. The zero-order valence-electron chi connectivity index (χ0n) is 12.4. The molecule has 0 amide bonds. The second-order valence-electron chi connectivity index (χ2n) is 4.40. The van der Waals surface area contributed by atoms with E-state index in [0.717, 1.165) is 25.9 Å². The zero-order valence-corrected chi connectivity index (χ0v) is 13.2. The Labute approximate surface area is 129 Å². The summed E-state index contributed by atoms with van der Waals surface area (Å²) < 4.78 is 5.49. The van der Waals surface area contributed by atoms with Crippen molar-refractivity contribution in [1.82, 2.24) is 15.0 Å². The normalized spacial score (nSPS) is 10.4. The second kappa shape index (κ2) is 8.41. The number of ether oxygens (including phenoxy) is 1. The van der Waals surface area contributed by atoms with Crippen molar-refractivity contribution in [3.8, 4) is 6.01 Å². The van der Waals surface area contributed by atoms with Gasteiger partial charge in [0.1, 0.15) is 0 Å². The van der Waals surface area contributed by atoms with E-state index in [1.54, 1.807) is 11.3 Å². The molecule has 0 saturated carbocycles. The van der Waals surface area contributed by atoms with Crippen molar-refractivity contribution >= 4 is 23.2 Å². The van der Waals surface area contributed by atoms with Gasteiger partial charge < -0.3 is 15.4 Å². The average Bonchev–Trinajstić information content (AvgIpc) is 2.99. The van der Waals surface area contributed by atoms with Gasteiger partial charge in [0.15, 0.2) is 0 Å². The van der Waals surface area contributed by atoms with Gasteiger partial charge in [0.05, 0.1) is 6.61 Å². The van der Waals surface area contributed by atoms with Crippen molar-refractivity contribution < 1.29 is 4.74 Å². The molecule has 2 rings (SSSR count). The number of hydrogen-bond donors (Lipinski definition) is 2. The van der Waals surface area contributed by atoms with Crippen LogP contribution in [0.2, 0.25) is 0 Å². The van der Waals surface area contributed by atoms with Crippen molar-refractivity contribution in [3.63, 3.8) is 0 Å². The van der Waals surface area contributed by atoms with Crippen LogP contribution in [0, 0.1) is 0 Å². The van der Waals surface area contributed by atoms with E-state index >= 15 is 0 Å². The van der Waals surface area contributed by atoms with Crippen LogP contribution in [0.3, 0.4) is 0 Å². The molecule has 7 heteroatoms. The van der Waals surface area contributed by atoms with Crippen LogP contribution in [-0.2, 0) is 6.42 Å². The predicted octanol–water partition coefficient (Wildman–Crippen LogP) is 2.81. The molecule has 0 saturated heterocycles. The number of nitrogens with one attached hydrogen (secondary N) is 2. The lowest BCUT2D eigenvalue weighted by Crippen LogP contribution is -2.12. The van der Waals surface area contributed by atoms with Gasteiger partial charge in [-0.2, -0.15) is 15.0 Å². The molecule has 0 bridgehead atoms. The molecule has 21 heavy (non-hydrogen) atoms. The van der Waals surface area contributed by atoms with Crippen LogP contribution in [0.1, 0.15) is 25.1 Å². The van der Waals surface area contributed by atoms with E-state index < -0.39 is 0 Å². The fourth-order valence-corrected chi connectivity index (χ4v) is 2.39. The summed E-state index contributed by atoms with van der Waals surface area (Å²) in [5.74, 6) is 1.08. The molecule has 0 aliphatic carbocycles. The molecule has 6 nitrogen and oxygen atoms in total. The smallest absolute Gasteiger partial charge is 0.323 e. The van der Waals surface area contributed by atoms with Crippen molar-refractivity contribution in [2.45, 2.75) is 26.7 Å². The maximum Gasteiger partial charge on any atom is 0.323 e. The third kappa shape index (κ3) is 5.18. The number of rotatable bonds is 9. The lowest BCUT2D eigenvalue weighted by Gasteiger charge is -2.09. The monoisotopic (exact) mass is 307 g/mol. The van der Waals surface area contributed by atoms with Crippen LogP contribution in [-0.4, -0.2) is 34.6 Å². The molecule has 2 aromatic rings. The summed E-state index contributed by atoms with van der Waals surface area (Å²) in [6.07, 6.45) is 1.87. The molecule has 0 spiro atoms. The maximum atomic E-state index is 5.49. The molecule has 114 valence electrons. The van der Waals surface area contributed by atoms with Gasteiger partial charge in [-0.3, -0.25) is 0 Å². The molecule has 2 N–H and O–H groups in total. The van der Waals surface area contributed by atoms with Crippen LogP contribution in [0.4, 0.5) is 11.9 Å². The van der Waals surface area contributed by atoms with E-state index in [9.17, 15) is 0 Å².